The van der Waals surface area contributed by atoms with Crippen molar-refractivity contribution in [3.63, 3.8) is 0 Å². The summed E-state index contributed by atoms with van der Waals surface area (Å²) < 4.78 is 10.2. The fraction of sp³-hybridized carbons (Fsp3) is 0.571. The Morgan fingerprint density at radius 3 is 1.95 bits per heavy atom. The van der Waals surface area contributed by atoms with Crippen molar-refractivity contribution in [2.45, 2.75) is 47.1 Å². The molecular formula is C14H21NO4. The predicted molar refractivity (Wildman–Crippen MR) is 71.4 cm³/mol. The molecule has 1 aromatic rings. The SMILES string of the molecule is CCOC(=O)c1[nH]c(C(=O)OC(C)(C)C)c(C)c1C. The second-order valence-electron chi connectivity index (χ2n) is 5.35. The van der Waals surface area contributed by atoms with Crippen molar-refractivity contribution in [3.05, 3.63) is 22.5 Å². The van der Waals surface area contributed by atoms with Gasteiger partial charge < -0.3 is 14.5 Å². The minimum Gasteiger partial charge on any atom is -0.461 e. The molecule has 0 amide bonds. The highest BCUT2D eigenvalue weighted by Crippen LogP contribution is 2.21. The molecule has 1 heterocycles. The molecule has 1 rings (SSSR count). The largest absolute Gasteiger partial charge is 0.461 e. The van der Waals surface area contributed by atoms with E-state index in [9.17, 15) is 9.59 Å². The Morgan fingerprint density at radius 2 is 1.53 bits per heavy atom. The summed E-state index contributed by atoms with van der Waals surface area (Å²) in [6.45, 7) is 10.9. The van der Waals surface area contributed by atoms with Crippen molar-refractivity contribution in [2.24, 2.45) is 0 Å². The number of aromatic amines is 1. The number of rotatable bonds is 3. The number of carbonyl (C=O) groups is 2. The van der Waals surface area contributed by atoms with Crippen molar-refractivity contribution in [2.75, 3.05) is 6.61 Å². The van der Waals surface area contributed by atoms with Crippen LogP contribution in [0.25, 0.3) is 0 Å². The van der Waals surface area contributed by atoms with Gasteiger partial charge in [-0.15, -0.1) is 0 Å². The van der Waals surface area contributed by atoms with Gasteiger partial charge in [0.1, 0.15) is 17.0 Å². The number of hydrogen-bond acceptors (Lipinski definition) is 4. The second-order valence-corrected chi connectivity index (χ2v) is 5.35. The molecule has 0 aliphatic heterocycles. The number of carbonyl (C=O) groups excluding carboxylic acids is 2. The van der Waals surface area contributed by atoms with Gasteiger partial charge in [-0.05, 0) is 52.7 Å². The number of aromatic nitrogens is 1. The summed E-state index contributed by atoms with van der Waals surface area (Å²) in [6, 6.07) is 0. The number of ether oxygens (including phenoxy) is 2. The van der Waals surface area contributed by atoms with Crippen LogP contribution in [0.2, 0.25) is 0 Å². The normalized spacial score (nSPS) is 11.3. The predicted octanol–water partition coefficient (Wildman–Crippen LogP) is 2.76. The highest BCUT2D eigenvalue weighted by molar-refractivity contribution is 5.95. The highest BCUT2D eigenvalue weighted by atomic mass is 16.6. The Hall–Kier alpha value is -1.78. The third kappa shape index (κ3) is 3.59. The molecule has 19 heavy (non-hydrogen) atoms. The summed E-state index contributed by atoms with van der Waals surface area (Å²) in [5.41, 5.74) is 1.44. The van der Waals surface area contributed by atoms with Gasteiger partial charge in [0.2, 0.25) is 0 Å². The van der Waals surface area contributed by atoms with Crippen molar-refractivity contribution in [3.8, 4) is 0 Å². The molecule has 1 N–H and O–H groups in total. The molecule has 0 unspecified atom stereocenters. The number of nitrogens with one attached hydrogen (secondary N) is 1. The van der Waals surface area contributed by atoms with Crippen molar-refractivity contribution in [1.82, 2.24) is 4.98 Å². The highest BCUT2D eigenvalue weighted by Gasteiger charge is 2.25. The summed E-state index contributed by atoms with van der Waals surface area (Å²) in [5, 5.41) is 0. The van der Waals surface area contributed by atoms with Gasteiger partial charge in [0.15, 0.2) is 0 Å². The Balaban J connectivity index is 3.08. The van der Waals surface area contributed by atoms with Gasteiger partial charge in [0, 0.05) is 0 Å². The molecule has 0 radical (unpaired) electrons. The van der Waals surface area contributed by atoms with E-state index in [-0.39, 0.29) is 6.61 Å². The maximum atomic E-state index is 12.0. The van der Waals surface area contributed by atoms with Gasteiger partial charge in [-0.3, -0.25) is 0 Å². The monoisotopic (exact) mass is 267 g/mol. The quantitative estimate of drug-likeness (QED) is 0.855. The molecule has 0 atom stereocenters. The summed E-state index contributed by atoms with van der Waals surface area (Å²) in [5.74, 6) is -0.929. The molecule has 0 bridgehead atoms. The van der Waals surface area contributed by atoms with E-state index in [0.29, 0.717) is 22.5 Å². The lowest BCUT2D eigenvalue weighted by atomic mass is 10.1. The van der Waals surface area contributed by atoms with E-state index >= 15 is 0 Å². The van der Waals surface area contributed by atoms with Gasteiger partial charge in [-0.1, -0.05) is 0 Å². The lowest BCUT2D eigenvalue weighted by Crippen LogP contribution is -2.24. The fourth-order valence-corrected chi connectivity index (χ4v) is 1.63. The minimum atomic E-state index is -0.577. The Bertz CT molecular complexity index is 494. The van der Waals surface area contributed by atoms with Crippen LogP contribution in [-0.4, -0.2) is 29.1 Å². The molecule has 5 heteroatoms. The third-order valence-electron chi connectivity index (χ3n) is 2.65. The molecule has 0 saturated heterocycles. The van der Waals surface area contributed by atoms with Gasteiger partial charge in [-0.25, -0.2) is 9.59 Å². The van der Waals surface area contributed by atoms with E-state index in [2.05, 4.69) is 4.98 Å². The number of H-pyrrole nitrogens is 1. The van der Waals surface area contributed by atoms with E-state index in [0.717, 1.165) is 0 Å². The average Bonchev–Trinajstić information content (AvgIpc) is 2.54. The van der Waals surface area contributed by atoms with Crippen LogP contribution in [0.1, 0.15) is 59.8 Å². The van der Waals surface area contributed by atoms with Crippen LogP contribution in [0, 0.1) is 13.8 Å². The summed E-state index contributed by atoms with van der Waals surface area (Å²) in [7, 11) is 0. The molecule has 0 fully saturated rings. The van der Waals surface area contributed by atoms with E-state index < -0.39 is 17.5 Å². The van der Waals surface area contributed by atoms with Gasteiger partial charge >= 0.3 is 11.9 Å². The van der Waals surface area contributed by atoms with Crippen LogP contribution in [0.5, 0.6) is 0 Å². The number of hydrogen-bond donors (Lipinski definition) is 1. The molecule has 0 aromatic carbocycles. The van der Waals surface area contributed by atoms with E-state index in [1.807, 2.05) is 0 Å². The van der Waals surface area contributed by atoms with Crippen LogP contribution in [-0.2, 0) is 9.47 Å². The molecule has 1 aromatic heterocycles. The molecule has 5 nitrogen and oxygen atoms in total. The zero-order valence-electron chi connectivity index (χ0n) is 12.3. The third-order valence-corrected chi connectivity index (χ3v) is 2.65. The molecule has 0 saturated carbocycles. The van der Waals surface area contributed by atoms with Crippen LogP contribution in [0.15, 0.2) is 0 Å². The lowest BCUT2D eigenvalue weighted by molar-refractivity contribution is 0.00627. The Labute approximate surface area is 113 Å². The first-order valence-electron chi connectivity index (χ1n) is 6.27. The first kappa shape index (κ1) is 15.3. The fourth-order valence-electron chi connectivity index (χ4n) is 1.63. The zero-order valence-corrected chi connectivity index (χ0v) is 12.3. The van der Waals surface area contributed by atoms with E-state index in [1.165, 1.54) is 0 Å². The first-order chi connectivity index (χ1) is 8.67. The van der Waals surface area contributed by atoms with Crippen LogP contribution in [0.3, 0.4) is 0 Å². The smallest absolute Gasteiger partial charge is 0.355 e. The van der Waals surface area contributed by atoms with Crippen molar-refractivity contribution >= 4 is 11.9 Å². The summed E-state index contributed by atoms with van der Waals surface area (Å²) in [6.07, 6.45) is 0. The molecule has 106 valence electrons. The summed E-state index contributed by atoms with van der Waals surface area (Å²) in [4.78, 5) is 26.6. The number of esters is 2. The van der Waals surface area contributed by atoms with Crippen LogP contribution in [0.4, 0.5) is 0 Å². The van der Waals surface area contributed by atoms with Crippen molar-refractivity contribution < 1.29 is 19.1 Å². The minimum absolute atomic E-state index is 0.290. The maximum absolute atomic E-state index is 12.0. The maximum Gasteiger partial charge on any atom is 0.355 e. The topological polar surface area (TPSA) is 68.4 Å². The lowest BCUT2D eigenvalue weighted by Gasteiger charge is -2.19. The molecule has 0 spiro atoms. The van der Waals surface area contributed by atoms with Gasteiger partial charge in [-0.2, -0.15) is 0 Å². The Kier molecular flexibility index (Phi) is 4.39. The average molecular weight is 267 g/mol. The van der Waals surface area contributed by atoms with Crippen molar-refractivity contribution in [1.29, 1.82) is 0 Å². The van der Waals surface area contributed by atoms with Crippen LogP contribution < -0.4 is 0 Å². The second kappa shape index (κ2) is 5.47. The molecule has 0 aliphatic rings. The first-order valence-corrected chi connectivity index (χ1v) is 6.27. The van der Waals surface area contributed by atoms with Gasteiger partial charge in [0.05, 0.1) is 6.61 Å². The molecule has 0 aliphatic carbocycles. The zero-order chi connectivity index (χ0) is 14.8. The van der Waals surface area contributed by atoms with E-state index in [4.69, 9.17) is 9.47 Å². The molecular weight excluding hydrogens is 246 g/mol. The standard InChI is InChI=1S/C14H21NO4/c1-7-18-12(16)10-8(2)9(3)11(15-10)13(17)19-14(4,5)6/h15H,7H2,1-6H3. The Morgan fingerprint density at radius 1 is 1.05 bits per heavy atom. The van der Waals surface area contributed by atoms with E-state index in [1.54, 1.807) is 41.5 Å². The van der Waals surface area contributed by atoms with Gasteiger partial charge in [0.25, 0.3) is 0 Å². The summed E-state index contributed by atoms with van der Waals surface area (Å²) >= 11 is 0. The van der Waals surface area contributed by atoms with Crippen LogP contribution >= 0.6 is 0 Å².